The molecule has 18 heavy (non-hydrogen) atoms. The first-order valence-electron chi connectivity index (χ1n) is 5.69. The lowest BCUT2D eigenvalue weighted by Crippen LogP contribution is -2.34. The molecule has 0 aliphatic rings. The molecule has 2 N–H and O–H groups in total. The van der Waals surface area contributed by atoms with E-state index in [0.29, 0.717) is 11.3 Å². The van der Waals surface area contributed by atoms with Crippen LogP contribution in [0.2, 0.25) is 0 Å². The van der Waals surface area contributed by atoms with Crippen LogP contribution >= 0.6 is 0 Å². The van der Waals surface area contributed by atoms with Gasteiger partial charge in [0.2, 0.25) is 5.91 Å². The van der Waals surface area contributed by atoms with E-state index in [1.54, 1.807) is 25.1 Å². The van der Waals surface area contributed by atoms with E-state index in [4.69, 9.17) is 0 Å². The molecule has 1 aromatic carbocycles. The van der Waals surface area contributed by atoms with Crippen molar-refractivity contribution in [3.63, 3.8) is 0 Å². The van der Waals surface area contributed by atoms with Crippen LogP contribution in [0, 0.1) is 17.0 Å². The van der Waals surface area contributed by atoms with E-state index in [0.717, 1.165) is 0 Å². The molecular weight excluding hydrogens is 234 g/mol. The second-order valence-electron chi connectivity index (χ2n) is 4.30. The Kier molecular flexibility index (Phi) is 4.65. The Morgan fingerprint density at radius 2 is 2.11 bits per heavy atom. The number of carbonyl (C=O) groups excluding carboxylic acids is 1. The Balaban J connectivity index is 2.76. The maximum atomic E-state index is 11.4. The Morgan fingerprint density at radius 1 is 1.44 bits per heavy atom. The summed E-state index contributed by atoms with van der Waals surface area (Å²) in [6.45, 7) is 5.39. The number of nitrogens with zero attached hydrogens (tertiary/aromatic N) is 1. The minimum Gasteiger partial charge on any atom is -0.371 e. The third-order valence-corrected chi connectivity index (χ3v) is 2.31. The van der Waals surface area contributed by atoms with Crippen LogP contribution in [0.25, 0.3) is 0 Å². The standard InChI is InChI=1S/C12H17N3O3/c1-8(2)14-11(16)7-13-10-6-4-5-9(3)12(10)15(17)18/h4-6,8,13H,7H2,1-3H3,(H,14,16). The van der Waals surface area contributed by atoms with E-state index in [1.165, 1.54) is 0 Å². The first-order chi connectivity index (χ1) is 8.41. The van der Waals surface area contributed by atoms with Gasteiger partial charge in [-0.3, -0.25) is 14.9 Å². The van der Waals surface area contributed by atoms with Gasteiger partial charge >= 0.3 is 0 Å². The molecule has 1 aromatic rings. The van der Waals surface area contributed by atoms with Gasteiger partial charge in [-0.2, -0.15) is 0 Å². The molecule has 0 atom stereocenters. The molecule has 0 radical (unpaired) electrons. The monoisotopic (exact) mass is 251 g/mol. The van der Waals surface area contributed by atoms with Crippen molar-refractivity contribution < 1.29 is 9.72 Å². The summed E-state index contributed by atoms with van der Waals surface area (Å²) in [6, 6.07) is 5.02. The Labute approximate surface area is 106 Å². The number of nitro groups is 1. The SMILES string of the molecule is Cc1cccc(NCC(=O)NC(C)C)c1[N+](=O)[O-]. The van der Waals surface area contributed by atoms with Crippen LogP contribution in [0.4, 0.5) is 11.4 Å². The number of rotatable bonds is 5. The van der Waals surface area contributed by atoms with E-state index >= 15 is 0 Å². The summed E-state index contributed by atoms with van der Waals surface area (Å²) in [7, 11) is 0. The lowest BCUT2D eigenvalue weighted by atomic mass is 10.1. The van der Waals surface area contributed by atoms with Crippen molar-refractivity contribution in [2.45, 2.75) is 26.8 Å². The lowest BCUT2D eigenvalue weighted by Gasteiger charge is -2.10. The normalized spacial score (nSPS) is 10.2. The number of carbonyl (C=O) groups is 1. The highest BCUT2D eigenvalue weighted by Gasteiger charge is 2.17. The molecule has 0 saturated heterocycles. The first-order valence-corrected chi connectivity index (χ1v) is 5.69. The molecule has 1 amide bonds. The zero-order valence-corrected chi connectivity index (χ0v) is 10.7. The minimum absolute atomic E-state index is 0.00912. The number of aryl methyl sites for hydroxylation is 1. The zero-order valence-electron chi connectivity index (χ0n) is 10.7. The second-order valence-corrected chi connectivity index (χ2v) is 4.30. The summed E-state index contributed by atoms with van der Waals surface area (Å²) in [5, 5.41) is 16.4. The van der Waals surface area contributed by atoms with E-state index in [-0.39, 0.29) is 24.2 Å². The molecule has 6 nitrogen and oxygen atoms in total. The van der Waals surface area contributed by atoms with Crippen LogP contribution in [-0.2, 0) is 4.79 Å². The summed E-state index contributed by atoms with van der Waals surface area (Å²) in [4.78, 5) is 21.9. The average molecular weight is 251 g/mol. The average Bonchev–Trinajstić information content (AvgIpc) is 2.24. The number of para-hydroxylation sites is 1. The predicted molar refractivity (Wildman–Crippen MR) is 69.6 cm³/mol. The van der Waals surface area contributed by atoms with Crippen molar-refractivity contribution in [1.29, 1.82) is 0 Å². The van der Waals surface area contributed by atoms with Crippen molar-refractivity contribution in [1.82, 2.24) is 5.32 Å². The maximum Gasteiger partial charge on any atom is 0.295 e. The molecular formula is C12H17N3O3. The van der Waals surface area contributed by atoms with Crippen molar-refractivity contribution in [2.24, 2.45) is 0 Å². The molecule has 0 fully saturated rings. The van der Waals surface area contributed by atoms with Crippen LogP contribution in [-0.4, -0.2) is 23.4 Å². The number of benzene rings is 1. The van der Waals surface area contributed by atoms with Crippen LogP contribution in [0.1, 0.15) is 19.4 Å². The van der Waals surface area contributed by atoms with Crippen molar-refractivity contribution in [2.75, 3.05) is 11.9 Å². The van der Waals surface area contributed by atoms with Crippen molar-refractivity contribution in [3.8, 4) is 0 Å². The van der Waals surface area contributed by atoms with Gasteiger partial charge in [-0.05, 0) is 26.8 Å². The van der Waals surface area contributed by atoms with Crippen LogP contribution < -0.4 is 10.6 Å². The van der Waals surface area contributed by atoms with Crippen LogP contribution in [0.15, 0.2) is 18.2 Å². The van der Waals surface area contributed by atoms with E-state index in [1.807, 2.05) is 13.8 Å². The molecule has 6 heteroatoms. The quantitative estimate of drug-likeness (QED) is 0.617. The number of hydrogen-bond acceptors (Lipinski definition) is 4. The van der Waals surface area contributed by atoms with Crippen LogP contribution in [0.5, 0.6) is 0 Å². The van der Waals surface area contributed by atoms with Gasteiger partial charge < -0.3 is 10.6 Å². The minimum atomic E-state index is -0.446. The van der Waals surface area contributed by atoms with Crippen LogP contribution in [0.3, 0.4) is 0 Å². The summed E-state index contributed by atoms with van der Waals surface area (Å²) in [5.74, 6) is -0.194. The lowest BCUT2D eigenvalue weighted by molar-refractivity contribution is -0.384. The fourth-order valence-corrected chi connectivity index (χ4v) is 1.59. The summed E-state index contributed by atoms with van der Waals surface area (Å²) in [5.41, 5.74) is 0.933. The second kappa shape index (κ2) is 6.00. The third-order valence-electron chi connectivity index (χ3n) is 2.31. The molecule has 0 aliphatic heterocycles. The highest BCUT2D eigenvalue weighted by Crippen LogP contribution is 2.27. The fourth-order valence-electron chi connectivity index (χ4n) is 1.59. The van der Waals surface area contributed by atoms with Gasteiger partial charge in [-0.1, -0.05) is 12.1 Å². The summed E-state index contributed by atoms with van der Waals surface area (Å²) in [6.07, 6.45) is 0. The van der Waals surface area contributed by atoms with Gasteiger partial charge in [0.15, 0.2) is 0 Å². The van der Waals surface area contributed by atoms with Gasteiger partial charge in [0.1, 0.15) is 5.69 Å². The Hall–Kier alpha value is -2.11. The summed E-state index contributed by atoms with van der Waals surface area (Å²) >= 11 is 0. The highest BCUT2D eigenvalue weighted by molar-refractivity contribution is 5.82. The molecule has 0 heterocycles. The fraction of sp³-hybridized carbons (Fsp3) is 0.417. The number of amides is 1. The predicted octanol–water partition coefficient (Wildman–Crippen LogP) is 1.84. The number of hydrogen-bond donors (Lipinski definition) is 2. The molecule has 0 aliphatic carbocycles. The van der Waals surface area contributed by atoms with Gasteiger partial charge in [-0.15, -0.1) is 0 Å². The summed E-state index contributed by atoms with van der Waals surface area (Å²) < 4.78 is 0. The Bertz CT molecular complexity index is 458. The molecule has 0 saturated carbocycles. The topological polar surface area (TPSA) is 84.3 Å². The zero-order chi connectivity index (χ0) is 13.7. The van der Waals surface area contributed by atoms with Gasteiger partial charge in [0.05, 0.1) is 11.5 Å². The maximum absolute atomic E-state index is 11.4. The van der Waals surface area contributed by atoms with Gasteiger partial charge in [0.25, 0.3) is 5.69 Å². The Morgan fingerprint density at radius 3 is 2.67 bits per heavy atom. The highest BCUT2D eigenvalue weighted by atomic mass is 16.6. The molecule has 1 rings (SSSR count). The molecule has 98 valence electrons. The van der Waals surface area contributed by atoms with E-state index in [9.17, 15) is 14.9 Å². The molecule has 0 spiro atoms. The van der Waals surface area contributed by atoms with E-state index < -0.39 is 4.92 Å². The first kappa shape index (κ1) is 14.0. The molecule has 0 aromatic heterocycles. The molecule has 0 unspecified atom stereocenters. The number of anilines is 1. The van der Waals surface area contributed by atoms with E-state index in [2.05, 4.69) is 10.6 Å². The van der Waals surface area contributed by atoms with Gasteiger partial charge in [-0.25, -0.2) is 0 Å². The number of nitro benzene ring substituents is 1. The smallest absolute Gasteiger partial charge is 0.295 e. The number of nitrogens with one attached hydrogen (secondary N) is 2. The molecule has 0 bridgehead atoms. The third kappa shape index (κ3) is 3.73. The van der Waals surface area contributed by atoms with Crippen molar-refractivity contribution >= 4 is 17.3 Å². The van der Waals surface area contributed by atoms with Gasteiger partial charge in [0, 0.05) is 11.6 Å². The van der Waals surface area contributed by atoms with Crippen molar-refractivity contribution in [3.05, 3.63) is 33.9 Å². The largest absolute Gasteiger partial charge is 0.371 e.